The van der Waals surface area contributed by atoms with E-state index < -0.39 is 71.2 Å². The Hall–Kier alpha value is -1.87. The molecule has 0 aromatic rings. The van der Waals surface area contributed by atoms with Gasteiger partial charge in [-0.05, 0) is 64.2 Å². The third kappa shape index (κ3) is 28.5. The van der Waals surface area contributed by atoms with Gasteiger partial charge in [0, 0.05) is 12.8 Å². The van der Waals surface area contributed by atoms with Crippen LogP contribution in [-0.4, -0.2) is 96.0 Å². The van der Waals surface area contributed by atoms with Gasteiger partial charge in [-0.15, -0.1) is 0 Å². The van der Waals surface area contributed by atoms with Crippen LogP contribution in [0.2, 0.25) is 0 Å². The van der Waals surface area contributed by atoms with E-state index in [0.29, 0.717) is 12.8 Å². The Labute approximate surface area is 338 Å². The number of aliphatic hydroxyl groups excluding tert-OH is 3. The number of hydrogen-bond donors (Lipinski definition) is 4. The van der Waals surface area contributed by atoms with Crippen LogP contribution < -0.4 is 0 Å². The Balaban J connectivity index is 2.49. The van der Waals surface area contributed by atoms with Gasteiger partial charge in [0.1, 0.15) is 36.8 Å². The second-order valence-corrected chi connectivity index (χ2v) is 16.9. The topological polar surface area (TPSA) is 186 Å². The summed E-state index contributed by atoms with van der Waals surface area (Å²) in [6.45, 7) is 3.71. The van der Waals surface area contributed by atoms with Gasteiger partial charge in [-0.2, -0.15) is 8.42 Å². The summed E-state index contributed by atoms with van der Waals surface area (Å²) in [6, 6.07) is 0. The van der Waals surface area contributed by atoms with Gasteiger partial charge >= 0.3 is 11.9 Å². The van der Waals surface area contributed by atoms with Gasteiger partial charge < -0.3 is 34.3 Å². The number of hydrogen-bond acceptors (Lipinski definition) is 11. The molecule has 6 atom stereocenters. The number of carbonyl (C=O) groups is 2. The smallest absolute Gasteiger partial charge is 0.306 e. The van der Waals surface area contributed by atoms with E-state index in [-0.39, 0.29) is 19.4 Å². The van der Waals surface area contributed by atoms with E-state index in [1.165, 1.54) is 89.9 Å². The Morgan fingerprint density at radius 3 is 1.48 bits per heavy atom. The average Bonchev–Trinajstić information content (AvgIpc) is 3.16. The van der Waals surface area contributed by atoms with E-state index in [0.717, 1.165) is 51.4 Å². The molecule has 1 rings (SSSR count). The maximum absolute atomic E-state index is 12.8. The molecule has 1 heterocycles. The highest BCUT2D eigenvalue weighted by molar-refractivity contribution is 7.85. The monoisotopic (exact) mass is 819 g/mol. The SMILES string of the molecule is CCCCCCCC/C=C/CCCCCC(=O)O[C@H](COC(=O)CCCCC/C=C/CCCCCCCCCC)CO[C@H]1O[C@H](CS(=O)(=O)O)[C@@H](O)C(O)C1O. The molecule has 0 aromatic heterocycles. The van der Waals surface area contributed by atoms with Crippen LogP contribution in [0.1, 0.15) is 181 Å². The molecular formula is C43H78O12S. The fourth-order valence-electron chi connectivity index (χ4n) is 6.55. The molecule has 56 heavy (non-hydrogen) atoms. The van der Waals surface area contributed by atoms with E-state index in [9.17, 15) is 37.9 Å². The van der Waals surface area contributed by atoms with Gasteiger partial charge in [0.05, 0.1) is 6.61 Å². The minimum Gasteiger partial charge on any atom is -0.462 e. The molecular weight excluding hydrogens is 741 g/mol. The van der Waals surface area contributed by atoms with Crippen molar-refractivity contribution in [3.05, 3.63) is 24.3 Å². The average molecular weight is 819 g/mol. The molecule has 0 saturated carbocycles. The van der Waals surface area contributed by atoms with Crippen LogP contribution in [0.5, 0.6) is 0 Å². The van der Waals surface area contributed by atoms with Crippen molar-refractivity contribution in [2.75, 3.05) is 19.0 Å². The molecule has 1 aliphatic rings. The van der Waals surface area contributed by atoms with Crippen LogP contribution in [0.3, 0.4) is 0 Å². The van der Waals surface area contributed by atoms with Crippen molar-refractivity contribution >= 4 is 22.1 Å². The van der Waals surface area contributed by atoms with Crippen molar-refractivity contribution in [2.24, 2.45) is 0 Å². The highest BCUT2D eigenvalue weighted by Gasteiger charge is 2.46. The van der Waals surface area contributed by atoms with Gasteiger partial charge in [-0.1, -0.05) is 128 Å². The Morgan fingerprint density at radius 1 is 0.589 bits per heavy atom. The lowest BCUT2D eigenvalue weighted by atomic mass is 10.00. The molecule has 0 amide bonds. The molecule has 1 aliphatic heterocycles. The van der Waals surface area contributed by atoms with Gasteiger partial charge in [0.2, 0.25) is 0 Å². The number of rotatable bonds is 36. The van der Waals surface area contributed by atoms with E-state index >= 15 is 0 Å². The maximum atomic E-state index is 12.8. The van der Waals surface area contributed by atoms with Gasteiger partial charge in [-0.3, -0.25) is 14.1 Å². The summed E-state index contributed by atoms with van der Waals surface area (Å²) < 4.78 is 53.9. The van der Waals surface area contributed by atoms with Gasteiger partial charge in [0.25, 0.3) is 10.1 Å². The molecule has 0 radical (unpaired) electrons. The van der Waals surface area contributed by atoms with Crippen molar-refractivity contribution in [3.8, 4) is 0 Å². The zero-order valence-corrected chi connectivity index (χ0v) is 35.6. The number of allylic oxidation sites excluding steroid dienone is 4. The molecule has 12 nitrogen and oxygen atoms in total. The Kier molecular flexibility index (Phi) is 31.7. The molecule has 328 valence electrons. The number of unbranched alkanes of at least 4 members (excludes halogenated alkanes) is 20. The second-order valence-electron chi connectivity index (χ2n) is 15.4. The molecule has 13 heteroatoms. The molecule has 0 aromatic carbocycles. The summed E-state index contributed by atoms with van der Waals surface area (Å²) in [5.74, 6) is -2.02. The molecule has 0 spiro atoms. The summed E-state index contributed by atoms with van der Waals surface area (Å²) in [5, 5.41) is 30.8. The van der Waals surface area contributed by atoms with E-state index in [1.807, 2.05) is 0 Å². The van der Waals surface area contributed by atoms with Crippen LogP contribution in [0.25, 0.3) is 0 Å². The highest BCUT2D eigenvalue weighted by Crippen LogP contribution is 2.24. The standard InChI is InChI=1S/C43H78O12S/c1-3-5-7-9-11-13-15-17-18-20-21-23-25-27-29-31-38(44)52-33-36(34-53-43-42(48)41(47)40(46)37(55-43)35-56(49,50)51)54-39(45)32-30-28-26-24-22-19-16-14-12-10-8-6-4-2/h19-22,36-37,40-43,46-48H,3-18,23-35H2,1-2H3,(H,49,50,51)/b21-20+,22-19+/t36-,37-,40-,41?,42?,43+/m1/s1. The zero-order chi connectivity index (χ0) is 41.3. The molecule has 0 aliphatic carbocycles. The first-order valence-corrected chi connectivity index (χ1v) is 23.5. The largest absolute Gasteiger partial charge is 0.462 e. The number of aliphatic hydroxyl groups is 3. The van der Waals surface area contributed by atoms with Crippen LogP contribution in [0.4, 0.5) is 0 Å². The summed E-state index contributed by atoms with van der Waals surface area (Å²) in [6.07, 6.45) is 26.6. The van der Waals surface area contributed by atoms with E-state index in [1.54, 1.807) is 0 Å². The predicted molar refractivity (Wildman–Crippen MR) is 220 cm³/mol. The molecule has 0 bridgehead atoms. The van der Waals surface area contributed by atoms with E-state index in [4.69, 9.17) is 18.9 Å². The van der Waals surface area contributed by atoms with Crippen molar-refractivity contribution in [1.29, 1.82) is 0 Å². The van der Waals surface area contributed by atoms with Crippen molar-refractivity contribution in [1.82, 2.24) is 0 Å². The lowest BCUT2D eigenvalue weighted by Gasteiger charge is -2.40. The van der Waals surface area contributed by atoms with Crippen LogP contribution in [-0.2, 0) is 38.7 Å². The normalized spacial score (nSPS) is 20.9. The lowest BCUT2D eigenvalue weighted by molar-refractivity contribution is -0.297. The predicted octanol–water partition coefficient (Wildman–Crippen LogP) is 8.45. The van der Waals surface area contributed by atoms with E-state index in [2.05, 4.69) is 38.2 Å². The molecule has 2 unspecified atom stereocenters. The van der Waals surface area contributed by atoms with Crippen molar-refractivity contribution in [3.63, 3.8) is 0 Å². The third-order valence-electron chi connectivity index (χ3n) is 10.0. The summed E-state index contributed by atoms with van der Waals surface area (Å²) in [7, 11) is -4.60. The Morgan fingerprint density at radius 2 is 1.02 bits per heavy atom. The van der Waals surface area contributed by atoms with Crippen molar-refractivity contribution < 1.29 is 56.8 Å². The summed E-state index contributed by atoms with van der Waals surface area (Å²) >= 11 is 0. The van der Waals surface area contributed by atoms with Crippen LogP contribution in [0.15, 0.2) is 24.3 Å². The number of carbonyl (C=O) groups excluding carboxylic acids is 2. The van der Waals surface area contributed by atoms with Gasteiger partial charge in [0.15, 0.2) is 12.4 Å². The zero-order valence-electron chi connectivity index (χ0n) is 34.7. The highest BCUT2D eigenvalue weighted by atomic mass is 32.2. The van der Waals surface area contributed by atoms with Crippen LogP contribution >= 0.6 is 0 Å². The minimum absolute atomic E-state index is 0.142. The second kappa shape index (κ2) is 34.0. The summed E-state index contributed by atoms with van der Waals surface area (Å²) in [4.78, 5) is 25.3. The molecule has 1 saturated heterocycles. The first-order chi connectivity index (χ1) is 27.0. The maximum Gasteiger partial charge on any atom is 0.306 e. The summed E-state index contributed by atoms with van der Waals surface area (Å²) in [5.41, 5.74) is 0. The minimum atomic E-state index is -4.60. The number of esters is 2. The van der Waals surface area contributed by atoms with Gasteiger partial charge in [-0.25, -0.2) is 0 Å². The molecule has 1 fully saturated rings. The first kappa shape index (κ1) is 52.1. The molecule has 4 N–H and O–H groups in total. The fourth-order valence-corrected chi connectivity index (χ4v) is 7.24. The third-order valence-corrected chi connectivity index (χ3v) is 10.8. The quantitative estimate of drug-likeness (QED) is 0.0205. The van der Waals surface area contributed by atoms with Crippen LogP contribution in [0, 0.1) is 0 Å². The van der Waals surface area contributed by atoms with Crippen molar-refractivity contribution in [2.45, 2.75) is 218 Å². The Bertz CT molecular complexity index is 1140. The fraction of sp³-hybridized carbons (Fsp3) is 0.860. The lowest BCUT2D eigenvalue weighted by Crippen LogP contribution is -2.60. The number of ether oxygens (including phenoxy) is 4. The first-order valence-electron chi connectivity index (χ1n) is 21.9.